The van der Waals surface area contributed by atoms with Crippen molar-refractivity contribution in [3.05, 3.63) is 63.0 Å². The van der Waals surface area contributed by atoms with Crippen LogP contribution < -0.4 is 10.6 Å². The van der Waals surface area contributed by atoms with Crippen molar-refractivity contribution < 1.29 is 22.5 Å². The minimum absolute atomic E-state index is 0.0165. The molecule has 0 unspecified atom stereocenters. The second-order valence-electron chi connectivity index (χ2n) is 5.43. The maximum atomic E-state index is 14.3. The van der Waals surface area contributed by atoms with Crippen LogP contribution in [0.2, 0.25) is 0 Å². The number of nitro benzene ring substituents is 1. The maximum absolute atomic E-state index is 14.3. The Morgan fingerprint density at radius 2 is 1.79 bits per heavy atom. The Labute approximate surface area is 133 Å². The first kappa shape index (κ1) is 16.0. The fraction of sp³-hybridized carbons (Fsp3) is 0.200. The molecule has 0 bridgehead atoms. The summed E-state index contributed by atoms with van der Waals surface area (Å²) in [7, 11) is 0. The lowest BCUT2D eigenvalue weighted by Gasteiger charge is -2.19. The molecule has 0 saturated carbocycles. The van der Waals surface area contributed by atoms with Crippen LogP contribution in [-0.4, -0.2) is 4.92 Å². The molecule has 24 heavy (non-hydrogen) atoms. The highest BCUT2D eigenvalue weighted by atomic mass is 19.4. The maximum Gasteiger partial charge on any atom is 0.416 e. The quantitative estimate of drug-likeness (QED) is 0.390. The molecule has 9 heteroatoms. The van der Waals surface area contributed by atoms with Crippen LogP contribution in [0.15, 0.2) is 30.3 Å². The van der Waals surface area contributed by atoms with Crippen molar-refractivity contribution in [3.63, 3.8) is 0 Å². The Kier molecular flexibility index (Phi) is 3.58. The summed E-state index contributed by atoms with van der Waals surface area (Å²) in [5.74, 6) is -0.951. The Morgan fingerprint density at radius 3 is 2.42 bits per heavy atom. The number of nitrogens with zero attached hydrogens (tertiary/aromatic N) is 2. The number of nitrogen functional groups attached to an aromatic ring is 1. The standard InChI is InChI=1S/C15H11F4N3O2/c16-13-11(3-4-12(14(13)20)22(23)24)21-6-8-1-2-10(15(17,18)19)5-9(8)7-21/h1-5H,6-7,20H2. The molecule has 1 aliphatic rings. The average Bonchev–Trinajstić information content (AvgIpc) is 2.91. The SMILES string of the molecule is Nc1c([N+](=O)[O-])ccc(N2Cc3ccc(C(F)(F)F)cc3C2)c1F. The van der Waals surface area contributed by atoms with E-state index in [1.165, 1.54) is 17.0 Å². The van der Waals surface area contributed by atoms with Gasteiger partial charge in [0.25, 0.3) is 5.69 Å². The van der Waals surface area contributed by atoms with Crippen molar-refractivity contribution in [1.82, 2.24) is 0 Å². The van der Waals surface area contributed by atoms with Gasteiger partial charge in [-0.1, -0.05) is 6.07 Å². The molecule has 0 amide bonds. The highest BCUT2D eigenvalue weighted by Gasteiger charge is 2.33. The molecule has 5 nitrogen and oxygen atoms in total. The van der Waals surface area contributed by atoms with Gasteiger partial charge in [-0.25, -0.2) is 4.39 Å². The number of anilines is 2. The summed E-state index contributed by atoms with van der Waals surface area (Å²) in [5.41, 5.74) is 4.62. The van der Waals surface area contributed by atoms with Crippen molar-refractivity contribution in [2.45, 2.75) is 19.3 Å². The number of halogens is 4. The number of nitro groups is 1. The molecule has 2 aromatic rings. The fourth-order valence-electron chi connectivity index (χ4n) is 2.72. The van der Waals surface area contributed by atoms with E-state index in [0.29, 0.717) is 11.1 Å². The summed E-state index contributed by atoms with van der Waals surface area (Å²) in [5, 5.41) is 10.8. The molecule has 0 aliphatic carbocycles. The van der Waals surface area contributed by atoms with Gasteiger partial charge >= 0.3 is 6.18 Å². The molecule has 2 aromatic carbocycles. The fourth-order valence-corrected chi connectivity index (χ4v) is 2.72. The molecule has 0 fully saturated rings. The third-order valence-electron chi connectivity index (χ3n) is 3.93. The minimum Gasteiger partial charge on any atom is -0.391 e. The van der Waals surface area contributed by atoms with E-state index in [1.54, 1.807) is 0 Å². The summed E-state index contributed by atoms with van der Waals surface area (Å²) < 4.78 is 52.6. The van der Waals surface area contributed by atoms with Crippen LogP contribution in [0.1, 0.15) is 16.7 Å². The molecular weight excluding hydrogens is 330 g/mol. The van der Waals surface area contributed by atoms with Gasteiger partial charge in [-0.3, -0.25) is 10.1 Å². The Morgan fingerprint density at radius 1 is 1.12 bits per heavy atom. The summed E-state index contributed by atoms with van der Waals surface area (Å²) in [6, 6.07) is 5.65. The monoisotopic (exact) mass is 341 g/mol. The summed E-state index contributed by atoms with van der Waals surface area (Å²) in [6.45, 7) is 0.259. The highest BCUT2D eigenvalue weighted by Crippen LogP contribution is 2.38. The van der Waals surface area contributed by atoms with Gasteiger partial charge in [-0.2, -0.15) is 13.2 Å². The van der Waals surface area contributed by atoms with Gasteiger partial charge in [-0.15, -0.1) is 0 Å². The van der Waals surface area contributed by atoms with E-state index in [4.69, 9.17) is 5.73 Å². The predicted octanol–water partition coefficient (Wildman–Crippen LogP) is 3.86. The van der Waals surface area contributed by atoms with Crippen LogP contribution in [0, 0.1) is 15.9 Å². The van der Waals surface area contributed by atoms with Gasteiger partial charge in [0, 0.05) is 19.2 Å². The smallest absolute Gasteiger partial charge is 0.391 e. The normalized spacial score (nSPS) is 13.9. The van der Waals surface area contributed by atoms with E-state index in [0.717, 1.165) is 18.2 Å². The molecule has 0 radical (unpaired) electrons. The van der Waals surface area contributed by atoms with E-state index in [9.17, 15) is 27.7 Å². The number of hydrogen-bond donors (Lipinski definition) is 1. The Hall–Kier alpha value is -2.84. The lowest BCUT2D eigenvalue weighted by Crippen LogP contribution is -2.17. The third kappa shape index (κ3) is 2.61. The second kappa shape index (κ2) is 5.36. The largest absolute Gasteiger partial charge is 0.416 e. The lowest BCUT2D eigenvalue weighted by atomic mass is 10.1. The Bertz CT molecular complexity index is 836. The molecular formula is C15H11F4N3O2. The molecule has 2 N–H and O–H groups in total. The first-order valence-corrected chi connectivity index (χ1v) is 6.85. The van der Waals surface area contributed by atoms with Crippen molar-refractivity contribution in [2.75, 3.05) is 10.6 Å². The number of benzene rings is 2. The average molecular weight is 341 g/mol. The zero-order valence-corrected chi connectivity index (χ0v) is 12.1. The predicted molar refractivity (Wildman–Crippen MR) is 78.8 cm³/mol. The first-order chi connectivity index (χ1) is 11.2. The summed E-state index contributed by atoms with van der Waals surface area (Å²) in [4.78, 5) is 11.4. The molecule has 0 aromatic heterocycles. The van der Waals surface area contributed by atoms with Crippen molar-refractivity contribution in [3.8, 4) is 0 Å². The summed E-state index contributed by atoms with van der Waals surface area (Å²) in [6.07, 6.45) is -4.45. The van der Waals surface area contributed by atoms with Gasteiger partial charge in [0.2, 0.25) is 0 Å². The van der Waals surface area contributed by atoms with Crippen LogP contribution in [0.25, 0.3) is 0 Å². The van der Waals surface area contributed by atoms with Crippen molar-refractivity contribution in [1.29, 1.82) is 0 Å². The number of alkyl halides is 3. The number of hydrogen-bond acceptors (Lipinski definition) is 4. The Balaban J connectivity index is 1.94. The van der Waals surface area contributed by atoms with Crippen LogP contribution in [0.5, 0.6) is 0 Å². The topological polar surface area (TPSA) is 72.4 Å². The van der Waals surface area contributed by atoms with Gasteiger partial charge < -0.3 is 10.6 Å². The second-order valence-corrected chi connectivity index (χ2v) is 5.43. The summed E-state index contributed by atoms with van der Waals surface area (Å²) >= 11 is 0. The van der Waals surface area contributed by atoms with E-state index < -0.39 is 33.9 Å². The molecule has 0 spiro atoms. The van der Waals surface area contributed by atoms with E-state index in [2.05, 4.69) is 0 Å². The molecule has 3 rings (SSSR count). The van der Waals surface area contributed by atoms with Gasteiger partial charge in [0.1, 0.15) is 5.69 Å². The molecule has 0 atom stereocenters. The molecule has 126 valence electrons. The number of nitrogens with two attached hydrogens (primary N) is 1. The van der Waals surface area contributed by atoms with Crippen LogP contribution >= 0.6 is 0 Å². The highest BCUT2D eigenvalue weighted by molar-refractivity contribution is 5.69. The van der Waals surface area contributed by atoms with E-state index >= 15 is 0 Å². The molecule has 0 saturated heterocycles. The van der Waals surface area contributed by atoms with E-state index in [1.807, 2.05) is 0 Å². The van der Waals surface area contributed by atoms with Crippen LogP contribution in [-0.2, 0) is 19.3 Å². The van der Waals surface area contributed by atoms with Crippen LogP contribution in [0.3, 0.4) is 0 Å². The van der Waals surface area contributed by atoms with Crippen LogP contribution in [0.4, 0.5) is 34.6 Å². The zero-order chi connectivity index (χ0) is 17.6. The van der Waals surface area contributed by atoms with Gasteiger partial charge in [-0.05, 0) is 29.3 Å². The lowest BCUT2D eigenvalue weighted by molar-refractivity contribution is -0.384. The van der Waals surface area contributed by atoms with Gasteiger partial charge in [0.15, 0.2) is 5.82 Å². The third-order valence-corrected chi connectivity index (χ3v) is 3.93. The minimum atomic E-state index is -4.45. The zero-order valence-electron chi connectivity index (χ0n) is 12.1. The number of fused-ring (bicyclic) bond motifs is 1. The van der Waals surface area contributed by atoms with Gasteiger partial charge in [0.05, 0.1) is 16.2 Å². The molecule has 1 aliphatic heterocycles. The number of rotatable bonds is 2. The van der Waals surface area contributed by atoms with E-state index in [-0.39, 0.29) is 18.8 Å². The van der Waals surface area contributed by atoms with Crippen molar-refractivity contribution in [2.24, 2.45) is 0 Å². The van der Waals surface area contributed by atoms with Crippen molar-refractivity contribution >= 4 is 17.1 Å². The molecule has 1 heterocycles. The first-order valence-electron chi connectivity index (χ1n) is 6.85.